The summed E-state index contributed by atoms with van der Waals surface area (Å²) in [6.07, 6.45) is 1.55. The third kappa shape index (κ3) is 2.49. The Morgan fingerprint density at radius 1 is 0.905 bits per heavy atom. The Labute approximate surface area is 120 Å². The first-order chi connectivity index (χ1) is 10.1. The van der Waals surface area contributed by atoms with E-state index in [0.717, 1.165) is 5.69 Å². The van der Waals surface area contributed by atoms with Crippen LogP contribution < -0.4 is 10.6 Å². The van der Waals surface area contributed by atoms with Crippen LogP contribution in [0, 0.1) is 0 Å². The van der Waals surface area contributed by atoms with Crippen molar-refractivity contribution in [3.8, 4) is 5.75 Å². The maximum Gasteiger partial charge on any atom is 0.260 e. The Morgan fingerprint density at radius 2 is 1.57 bits per heavy atom. The Hall–Kier alpha value is -3.08. The van der Waals surface area contributed by atoms with E-state index in [1.165, 1.54) is 0 Å². The van der Waals surface area contributed by atoms with Crippen molar-refractivity contribution in [1.29, 1.82) is 0 Å². The molecule has 5 heteroatoms. The lowest BCUT2D eigenvalue weighted by Gasteiger charge is -2.18. The predicted octanol–water partition coefficient (Wildman–Crippen LogP) is 2.12. The number of amides is 2. The molecule has 0 saturated carbocycles. The minimum atomic E-state index is -0.440. The van der Waals surface area contributed by atoms with Gasteiger partial charge in [-0.3, -0.25) is 14.9 Å². The van der Waals surface area contributed by atoms with Crippen molar-refractivity contribution < 1.29 is 14.7 Å². The lowest BCUT2D eigenvalue weighted by molar-refractivity contribution is -0.114. The average molecular weight is 280 g/mol. The minimum absolute atomic E-state index is 0.166. The number of nitrogens with one attached hydrogen (secondary N) is 2. The molecule has 0 aromatic heterocycles. The topological polar surface area (TPSA) is 78.4 Å². The van der Waals surface area contributed by atoms with Gasteiger partial charge in [-0.05, 0) is 30.3 Å². The summed E-state index contributed by atoms with van der Waals surface area (Å²) in [7, 11) is 0. The Bertz CT molecular complexity index is 748. The fourth-order valence-electron chi connectivity index (χ4n) is 2.13. The number of fused-ring (bicyclic) bond motifs is 1. The summed E-state index contributed by atoms with van der Waals surface area (Å²) in [5.74, 6) is -0.665. The number of anilines is 1. The summed E-state index contributed by atoms with van der Waals surface area (Å²) in [5, 5.41) is 14.5. The highest BCUT2D eigenvalue weighted by Gasteiger charge is 2.26. The van der Waals surface area contributed by atoms with Crippen molar-refractivity contribution in [3.05, 3.63) is 65.9 Å². The fourth-order valence-corrected chi connectivity index (χ4v) is 2.13. The molecule has 2 amide bonds. The van der Waals surface area contributed by atoms with Gasteiger partial charge in [0.2, 0.25) is 0 Å². The van der Waals surface area contributed by atoms with Crippen molar-refractivity contribution in [2.75, 3.05) is 5.32 Å². The molecule has 1 heterocycles. The van der Waals surface area contributed by atoms with Gasteiger partial charge >= 0.3 is 0 Å². The molecule has 5 nitrogen and oxygen atoms in total. The molecule has 21 heavy (non-hydrogen) atoms. The molecule has 0 spiro atoms. The molecule has 0 atom stereocenters. The number of hydrogen-bond donors (Lipinski definition) is 3. The minimum Gasteiger partial charge on any atom is -0.508 e. The quantitative estimate of drug-likeness (QED) is 0.447. The van der Waals surface area contributed by atoms with Crippen molar-refractivity contribution in [2.24, 2.45) is 0 Å². The van der Waals surface area contributed by atoms with E-state index in [1.54, 1.807) is 54.7 Å². The van der Waals surface area contributed by atoms with Crippen LogP contribution in [-0.2, 0) is 4.79 Å². The molecule has 2 aromatic carbocycles. The van der Waals surface area contributed by atoms with Crippen LogP contribution >= 0.6 is 0 Å². The van der Waals surface area contributed by atoms with Crippen molar-refractivity contribution in [2.45, 2.75) is 0 Å². The first kappa shape index (κ1) is 12.9. The zero-order valence-electron chi connectivity index (χ0n) is 11.0. The van der Waals surface area contributed by atoms with Gasteiger partial charge in [0.1, 0.15) is 5.75 Å². The lowest BCUT2D eigenvalue weighted by atomic mass is 9.96. The molecule has 0 aliphatic carbocycles. The third-order valence-electron chi connectivity index (χ3n) is 3.18. The zero-order chi connectivity index (χ0) is 14.8. The molecule has 1 aliphatic rings. The van der Waals surface area contributed by atoms with Crippen LogP contribution in [0.25, 0.3) is 5.57 Å². The van der Waals surface area contributed by atoms with Crippen LogP contribution in [0.2, 0.25) is 0 Å². The van der Waals surface area contributed by atoms with Gasteiger partial charge in [-0.1, -0.05) is 18.2 Å². The monoisotopic (exact) mass is 280 g/mol. The van der Waals surface area contributed by atoms with Crippen LogP contribution in [0.5, 0.6) is 5.75 Å². The van der Waals surface area contributed by atoms with Gasteiger partial charge in [0.15, 0.2) is 0 Å². The number of phenolic OH excluding ortho intramolecular Hbond substituents is 1. The summed E-state index contributed by atoms with van der Waals surface area (Å²) in [4.78, 5) is 23.7. The third-order valence-corrected chi connectivity index (χ3v) is 3.18. The van der Waals surface area contributed by atoms with Gasteiger partial charge in [0.05, 0.1) is 5.57 Å². The predicted molar refractivity (Wildman–Crippen MR) is 78.6 cm³/mol. The van der Waals surface area contributed by atoms with Crippen LogP contribution in [-0.4, -0.2) is 16.9 Å². The SMILES string of the molecule is O=C1NC(=O)c2ccccc2/C1=C/Nc1ccc(O)cc1. The lowest BCUT2D eigenvalue weighted by Crippen LogP contribution is -2.36. The van der Waals surface area contributed by atoms with Gasteiger partial charge < -0.3 is 10.4 Å². The number of phenols is 1. The summed E-state index contributed by atoms with van der Waals surface area (Å²) in [5.41, 5.74) is 2.18. The smallest absolute Gasteiger partial charge is 0.260 e. The number of rotatable bonds is 2. The van der Waals surface area contributed by atoms with E-state index in [-0.39, 0.29) is 5.75 Å². The summed E-state index contributed by atoms with van der Waals surface area (Å²) in [6, 6.07) is 13.4. The van der Waals surface area contributed by atoms with Gasteiger partial charge in [0.25, 0.3) is 11.8 Å². The Morgan fingerprint density at radius 3 is 2.29 bits per heavy atom. The summed E-state index contributed by atoms with van der Waals surface area (Å²) >= 11 is 0. The first-order valence-corrected chi connectivity index (χ1v) is 6.36. The zero-order valence-corrected chi connectivity index (χ0v) is 11.0. The summed E-state index contributed by atoms with van der Waals surface area (Å²) < 4.78 is 0. The van der Waals surface area contributed by atoms with Gasteiger partial charge in [0, 0.05) is 23.0 Å². The van der Waals surface area contributed by atoms with E-state index in [1.807, 2.05) is 0 Å². The van der Waals surface area contributed by atoms with Crippen molar-refractivity contribution in [1.82, 2.24) is 5.32 Å². The maximum absolute atomic E-state index is 12.0. The van der Waals surface area contributed by atoms with E-state index in [4.69, 9.17) is 0 Å². The fraction of sp³-hybridized carbons (Fsp3) is 0. The molecule has 104 valence electrons. The van der Waals surface area contributed by atoms with E-state index in [2.05, 4.69) is 10.6 Å². The molecule has 3 N–H and O–H groups in total. The van der Waals surface area contributed by atoms with E-state index in [9.17, 15) is 14.7 Å². The number of benzene rings is 2. The Kier molecular flexibility index (Phi) is 3.16. The van der Waals surface area contributed by atoms with Crippen LogP contribution in [0.4, 0.5) is 5.69 Å². The average Bonchev–Trinajstić information content (AvgIpc) is 2.49. The van der Waals surface area contributed by atoms with E-state index in [0.29, 0.717) is 16.7 Å². The molecule has 2 aromatic rings. The molecule has 0 radical (unpaired) electrons. The van der Waals surface area contributed by atoms with Crippen LogP contribution in [0.3, 0.4) is 0 Å². The number of aromatic hydroxyl groups is 1. The molecule has 3 rings (SSSR count). The standard InChI is InChI=1S/C16H12N2O3/c19-11-7-5-10(6-8-11)17-9-14-12-3-1-2-4-13(12)15(20)18-16(14)21/h1-9,17,19H,(H,18,20,21)/b14-9-. The van der Waals surface area contributed by atoms with E-state index >= 15 is 0 Å². The van der Waals surface area contributed by atoms with E-state index < -0.39 is 11.8 Å². The number of carbonyl (C=O) groups is 2. The highest BCUT2D eigenvalue weighted by Crippen LogP contribution is 2.24. The van der Waals surface area contributed by atoms with Crippen LogP contribution in [0.15, 0.2) is 54.7 Å². The molecule has 0 saturated heterocycles. The molecule has 1 aliphatic heterocycles. The Balaban J connectivity index is 1.95. The maximum atomic E-state index is 12.0. The molecular formula is C16H12N2O3. The summed E-state index contributed by atoms with van der Waals surface area (Å²) in [6.45, 7) is 0. The van der Waals surface area contributed by atoms with Crippen molar-refractivity contribution >= 4 is 23.1 Å². The number of carbonyl (C=O) groups excluding carboxylic acids is 2. The van der Waals surface area contributed by atoms with Gasteiger partial charge in [-0.2, -0.15) is 0 Å². The largest absolute Gasteiger partial charge is 0.508 e. The molecule has 0 unspecified atom stereocenters. The second-order valence-corrected chi connectivity index (χ2v) is 4.58. The molecular weight excluding hydrogens is 268 g/mol. The molecule has 0 fully saturated rings. The van der Waals surface area contributed by atoms with Gasteiger partial charge in [-0.25, -0.2) is 0 Å². The van der Waals surface area contributed by atoms with Gasteiger partial charge in [-0.15, -0.1) is 0 Å². The first-order valence-electron chi connectivity index (χ1n) is 6.36. The molecule has 0 bridgehead atoms. The number of imide groups is 1. The number of hydrogen-bond acceptors (Lipinski definition) is 4. The van der Waals surface area contributed by atoms with Crippen molar-refractivity contribution in [3.63, 3.8) is 0 Å². The highest BCUT2D eigenvalue weighted by molar-refractivity contribution is 6.31. The van der Waals surface area contributed by atoms with Crippen LogP contribution in [0.1, 0.15) is 15.9 Å². The second kappa shape index (κ2) is 5.13. The highest BCUT2D eigenvalue weighted by atomic mass is 16.3. The second-order valence-electron chi connectivity index (χ2n) is 4.58. The normalized spacial score (nSPS) is 15.5.